The maximum absolute atomic E-state index is 8.12. The van der Waals surface area contributed by atoms with Gasteiger partial charge in [-0.15, -0.1) is 0 Å². The minimum atomic E-state index is 0.250. The SMILES string of the molecule is CCc1nn(CC)c(-c2ccc(Br)cc2OC)c1C(C)C.O=C=O. The van der Waals surface area contributed by atoms with Gasteiger partial charge in [-0.1, -0.05) is 36.7 Å². The van der Waals surface area contributed by atoms with Gasteiger partial charge in [-0.2, -0.15) is 14.7 Å². The van der Waals surface area contributed by atoms with E-state index in [4.69, 9.17) is 19.4 Å². The van der Waals surface area contributed by atoms with Crippen LogP contribution in [0.4, 0.5) is 0 Å². The average Bonchev–Trinajstić information content (AvgIpc) is 2.94. The maximum atomic E-state index is 8.12. The molecule has 0 atom stereocenters. The molecule has 1 heterocycles. The Balaban J connectivity index is 0.000000891. The molecule has 0 aliphatic rings. The van der Waals surface area contributed by atoms with Crippen molar-refractivity contribution in [3.05, 3.63) is 33.9 Å². The topological polar surface area (TPSA) is 61.2 Å². The molecule has 2 rings (SSSR count). The summed E-state index contributed by atoms with van der Waals surface area (Å²) in [5.41, 5.74) is 4.82. The zero-order chi connectivity index (χ0) is 18.3. The Kier molecular flexibility index (Phi) is 7.89. The van der Waals surface area contributed by atoms with E-state index < -0.39 is 0 Å². The maximum Gasteiger partial charge on any atom is 0.373 e. The number of aryl methyl sites for hydroxylation is 2. The summed E-state index contributed by atoms with van der Waals surface area (Å²) in [4.78, 5) is 16.2. The number of methoxy groups -OCH3 is 1. The van der Waals surface area contributed by atoms with E-state index in [1.165, 1.54) is 17.0 Å². The molecule has 0 bridgehead atoms. The molecule has 5 nitrogen and oxygen atoms in total. The summed E-state index contributed by atoms with van der Waals surface area (Å²) in [5, 5.41) is 4.79. The molecule has 1 aromatic carbocycles. The minimum Gasteiger partial charge on any atom is -0.496 e. The van der Waals surface area contributed by atoms with Gasteiger partial charge in [0.1, 0.15) is 5.75 Å². The van der Waals surface area contributed by atoms with Crippen LogP contribution in [-0.2, 0) is 22.6 Å². The molecule has 0 amide bonds. The second-order valence-corrected chi connectivity index (χ2v) is 6.38. The van der Waals surface area contributed by atoms with Crippen LogP contribution in [0.1, 0.15) is 44.9 Å². The van der Waals surface area contributed by atoms with Crippen LogP contribution in [0.2, 0.25) is 0 Å². The lowest BCUT2D eigenvalue weighted by atomic mass is 9.95. The average molecular weight is 395 g/mol. The Hall–Kier alpha value is -1.91. The highest BCUT2D eigenvalue weighted by Crippen LogP contribution is 2.38. The molecule has 0 unspecified atom stereocenters. The predicted octanol–water partition coefficient (Wildman–Crippen LogP) is 4.44. The summed E-state index contributed by atoms with van der Waals surface area (Å²) in [6, 6.07) is 6.18. The van der Waals surface area contributed by atoms with E-state index in [2.05, 4.69) is 60.4 Å². The Morgan fingerprint density at radius 2 is 1.92 bits per heavy atom. The van der Waals surface area contributed by atoms with Gasteiger partial charge in [0, 0.05) is 22.1 Å². The molecule has 0 spiro atoms. The number of rotatable bonds is 5. The van der Waals surface area contributed by atoms with Crippen molar-refractivity contribution in [3.8, 4) is 17.0 Å². The Morgan fingerprint density at radius 1 is 1.29 bits per heavy atom. The van der Waals surface area contributed by atoms with Crippen molar-refractivity contribution in [1.29, 1.82) is 0 Å². The lowest BCUT2D eigenvalue weighted by molar-refractivity contribution is -0.191. The molecule has 0 fully saturated rings. The van der Waals surface area contributed by atoms with Gasteiger partial charge in [0.2, 0.25) is 0 Å². The zero-order valence-electron chi connectivity index (χ0n) is 14.7. The molecular weight excluding hydrogens is 372 g/mol. The first kappa shape index (κ1) is 20.1. The van der Waals surface area contributed by atoms with Crippen LogP contribution in [-0.4, -0.2) is 23.0 Å². The number of aromatic nitrogens is 2. The molecule has 130 valence electrons. The molecule has 0 saturated carbocycles. The number of halogens is 1. The fraction of sp³-hybridized carbons (Fsp3) is 0.444. The summed E-state index contributed by atoms with van der Waals surface area (Å²) < 4.78 is 8.70. The standard InChI is InChI=1S/C17H23BrN2O.CO2/c1-6-14-16(11(3)4)17(20(7-2)19-14)13-9-8-12(18)10-15(13)21-5;2-1-3/h8-11H,6-7H2,1-5H3;. The van der Waals surface area contributed by atoms with Crippen LogP contribution < -0.4 is 4.74 Å². The van der Waals surface area contributed by atoms with E-state index in [0.717, 1.165) is 28.8 Å². The minimum absolute atomic E-state index is 0.250. The quantitative estimate of drug-likeness (QED) is 0.751. The monoisotopic (exact) mass is 394 g/mol. The lowest BCUT2D eigenvalue weighted by Gasteiger charge is -2.14. The van der Waals surface area contributed by atoms with Crippen molar-refractivity contribution in [2.45, 2.75) is 46.6 Å². The first-order chi connectivity index (χ1) is 11.4. The number of hydrogen-bond donors (Lipinski definition) is 0. The molecule has 6 heteroatoms. The van der Waals surface area contributed by atoms with E-state index in [1.807, 2.05) is 6.07 Å². The Labute approximate surface area is 151 Å². The second-order valence-electron chi connectivity index (χ2n) is 5.46. The van der Waals surface area contributed by atoms with Gasteiger partial charge < -0.3 is 4.74 Å². The number of hydrogen-bond acceptors (Lipinski definition) is 4. The highest BCUT2D eigenvalue weighted by molar-refractivity contribution is 9.10. The van der Waals surface area contributed by atoms with Gasteiger partial charge in [0.25, 0.3) is 0 Å². The van der Waals surface area contributed by atoms with Crippen LogP contribution in [0.15, 0.2) is 22.7 Å². The molecule has 24 heavy (non-hydrogen) atoms. The largest absolute Gasteiger partial charge is 0.496 e. The highest BCUT2D eigenvalue weighted by atomic mass is 79.9. The van der Waals surface area contributed by atoms with Gasteiger partial charge in [-0.05, 0) is 37.5 Å². The van der Waals surface area contributed by atoms with Crippen molar-refractivity contribution >= 4 is 22.1 Å². The number of carbonyl (C=O) groups excluding carboxylic acids is 2. The smallest absolute Gasteiger partial charge is 0.373 e. The number of nitrogens with zero attached hydrogens (tertiary/aromatic N) is 2. The highest BCUT2D eigenvalue weighted by Gasteiger charge is 2.22. The normalized spacial score (nSPS) is 10.1. The molecular formula is C18H23BrN2O3. The Morgan fingerprint density at radius 3 is 2.38 bits per heavy atom. The van der Waals surface area contributed by atoms with Gasteiger partial charge in [-0.25, -0.2) is 0 Å². The third-order valence-corrected chi connectivity index (χ3v) is 4.19. The fourth-order valence-corrected chi connectivity index (χ4v) is 3.11. The number of ether oxygens (including phenoxy) is 1. The first-order valence-electron chi connectivity index (χ1n) is 7.87. The van der Waals surface area contributed by atoms with Crippen molar-refractivity contribution < 1.29 is 14.3 Å². The van der Waals surface area contributed by atoms with Gasteiger partial charge in [-0.3, -0.25) is 4.68 Å². The predicted molar refractivity (Wildman–Crippen MR) is 96.1 cm³/mol. The lowest BCUT2D eigenvalue weighted by Crippen LogP contribution is -2.02. The van der Waals surface area contributed by atoms with Crippen molar-refractivity contribution in [3.63, 3.8) is 0 Å². The number of benzene rings is 1. The van der Waals surface area contributed by atoms with E-state index in [-0.39, 0.29) is 6.15 Å². The summed E-state index contributed by atoms with van der Waals surface area (Å²) in [6.07, 6.45) is 1.20. The molecule has 0 aliphatic carbocycles. The third kappa shape index (κ3) is 4.34. The molecule has 1 aromatic heterocycles. The molecule has 0 radical (unpaired) electrons. The summed E-state index contributed by atoms with van der Waals surface area (Å²) in [7, 11) is 1.72. The van der Waals surface area contributed by atoms with Crippen LogP contribution in [0.3, 0.4) is 0 Å². The van der Waals surface area contributed by atoms with Crippen molar-refractivity contribution in [2.75, 3.05) is 7.11 Å². The Bertz CT molecular complexity index is 717. The van der Waals surface area contributed by atoms with Crippen LogP contribution in [0.5, 0.6) is 5.75 Å². The molecule has 0 saturated heterocycles. The van der Waals surface area contributed by atoms with E-state index in [1.54, 1.807) is 7.11 Å². The summed E-state index contributed by atoms with van der Waals surface area (Å²) in [5.74, 6) is 1.31. The van der Waals surface area contributed by atoms with Gasteiger partial charge >= 0.3 is 6.15 Å². The first-order valence-corrected chi connectivity index (χ1v) is 8.67. The van der Waals surface area contributed by atoms with Gasteiger partial charge in [0.15, 0.2) is 0 Å². The molecule has 0 N–H and O–H groups in total. The summed E-state index contributed by atoms with van der Waals surface area (Å²) >= 11 is 3.51. The van der Waals surface area contributed by atoms with Crippen LogP contribution in [0, 0.1) is 0 Å². The zero-order valence-corrected chi connectivity index (χ0v) is 16.3. The summed E-state index contributed by atoms with van der Waals surface area (Å²) in [6.45, 7) is 9.60. The second kappa shape index (κ2) is 9.40. The fourth-order valence-electron chi connectivity index (χ4n) is 2.77. The molecule has 2 aromatic rings. The van der Waals surface area contributed by atoms with Crippen molar-refractivity contribution in [1.82, 2.24) is 9.78 Å². The van der Waals surface area contributed by atoms with E-state index in [0.29, 0.717) is 5.92 Å². The van der Waals surface area contributed by atoms with E-state index >= 15 is 0 Å². The molecule has 0 aliphatic heterocycles. The third-order valence-electron chi connectivity index (χ3n) is 3.70. The van der Waals surface area contributed by atoms with E-state index in [9.17, 15) is 0 Å². The van der Waals surface area contributed by atoms with Crippen molar-refractivity contribution in [2.24, 2.45) is 0 Å². The van der Waals surface area contributed by atoms with Gasteiger partial charge in [0.05, 0.1) is 18.5 Å². The van der Waals surface area contributed by atoms with Crippen LogP contribution in [0.25, 0.3) is 11.3 Å². The van der Waals surface area contributed by atoms with Crippen LogP contribution >= 0.6 is 15.9 Å².